The summed E-state index contributed by atoms with van der Waals surface area (Å²) in [7, 11) is -3.10. The number of esters is 1. The van der Waals surface area contributed by atoms with Crippen molar-refractivity contribution in [3.05, 3.63) is 42.4 Å². The van der Waals surface area contributed by atoms with Crippen molar-refractivity contribution in [1.82, 2.24) is 14.6 Å². The van der Waals surface area contributed by atoms with E-state index in [1.54, 1.807) is 32.0 Å². The third kappa shape index (κ3) is 5.69. The summed E-state index contributed by atoms with van der Waals surface area (Å²) in [5, 5.41) is 34.5. The van der Waals surface area contributed by atoms with Crippen LogP contribution in [0.2, 0.25) is 0 Å². The molecule has 0 bridgehead atoms. The van der Waals surface area contributed by atoms with Crippen LogP contribution in [0.15, 0.2) is 36.7 Å². The zero-order valence-corrected chi connectivity index (χ0v) is 20.7. The molecule has 0 saturated carbocycles. The first kappa shape index (κ1) is 27.6. The summed E-state index contributed by atoms with van der Waals surface area (Å²) in [6.45, 7) is 2.29. The summed E-state index contributed by atoms with van der Waals surface area (Å²) in [4.78, 5) is 27.2. The van der Waals surface area contributed by atoms with E-state index in [2.05, 4.69) is 10.1 Å². The average Bonchev–Trinajstić information content (AvgIpc) is 3.36. The van der Waals surface area contributed by atoms with Gasteiger partial charge in [0.15, 0.2) is 11.4 Å². The van der Waals surface area contributed by atoms with Crippen molar-refractivity contribution in [2.75, 3.05) is 20.3 Å². The van der Waals surface area contributed by atoms with Crippen LogP contribution < -0.4 is 15.3 Å². The minimum Gasteiger partial charge on any atom is -0.493 e. The van der Waals surface area contributed by atoms with E-state index in [9.17, 15) is 29.5 Å². The van der Waals surface area contributed by atoms with Gasteiger partial charge in [-0.15, -0.1) is 0 Å². The quantitative estimate of drug-likeness (QED) is 0.194. The normalized spacial score (nSPS) is 24.3. The molecule has 2 heterocycles. The maximum absolute atomic E-state index is 13.7. The lowest BCUT2D eigenvalue weighted by Crippen LogP contribution is -2.47. The zero-order chi connectivity index (χ0) is 26.7. The third-order valence-electron chi connectivity index (χ3n) is 5.53. The standard InChI is InChI=1S/C21H29N4O10P/c1-12(2)15(20(29)32-3)24-36(31,35-13-7-5-4-6-8-13)34-9-14-17(26)21(30,10-33-14)25-11-23-16(18(22)27)19(25)28/h4-8,11-12,14-15,17,26,28,30H,9-10H2,1-3H3,(H2,22,27)(H,24,31)/t14-,15+,17-,21-,36?/m1/s1. The van der Waals surface area contributed by atoms with Crippen LogP contribution >= 0.6 is 7.75 Å². The van der Waals surface area contributed by atoms with Crippen molar-refractivity contribution >= 4 is 19.6 Å². The molecule has 1 aliphatic heterocycles. The second-order valence-electron chi connectivity index (χ2n) is 8.40. The average molecular weight is 528 g/mol. The number of aromatic nitrogens is 2. The molecule has 0 aliphatic carbocycles. The van der Waals surface area contributed by atoms with Crippen LogP contribution in [0.25, 0.3) is 0 Å². The van der Waals surface area contributed by atoms with E-state index in [0.717, 1.165) is 10.9 Å². The fourth-order valence-electron chi connectivity index (χ4n) is 3.51. The molecule has 36 heavy (non-hydrogen) atoms. The van der Waals surface area contributed by atoms with E-state index in [1.807, 2.05) is 0 Å². The lowest BCUT2D eigenvalue weighted by Gasteiger charge is -2.29. The number of nitrogens with two attached hydrogens (primary N) is 1. The third-order valence-corrected chi connectivity index (χ3v) is 7.06. The van der Waals surface area contributed by atoms with E-state index in [1.165, 1.54) is 19.2 Å². The number of methoxy groups -OCH3 is 1. The summed E-state index contributed by atoms with van der Waals surface area (Å²) >= 11 is 0. The number of carbonyl (C=O) groups excluding carboxylic acids is 2. The van der Waals surface area contributed by atoms with Gasteiger partial charge in [0, 0.05) is 0 Å². The fourth-order valence-corrected chi connectivity index (χ4v) is 5.17. The molecule has 14 nitrogen and oxygen atoms in total. The second kappa shape index (κ2) is 10.9. The molecule has 1 aliphatic rings. The number of primary amides is 1. The van der Waals surface area contributed by atoms with E-state index < -0.39 is 68.4 Å². The first-order chi connectivity index (χ1) is 16.9. The van der Waals surface area contributed by atoms with Gasteiger partial charge in [0.1, 0.15) is 30.3 Å². The van der Waals surface area contributed by atoms with Gasteiger partial charge < -0.3 is 35.1 Å². The molecule has 0 spiro atoms. The van der Waals surface area contributed by atoms with Crippen LogP contribution in [0.5, 0.6) is 11.6 Å². The van der Waals surface area contributed by atoms with E-state index >= 15 is 0 Å². The van der Waals surface area contributed by atoms with E-state index in [4.69, 9.17) is 24.3 Å². The van der Waals surface area contributed by atoms with Gasteiger partial charge >= 0.3 is 13.7 Å². The molecule has 1 saturated heterocycles. The highest BCUT2D eigenvalue weighted by Gasteiger charge is 2.52. The number of hydrogen-bond acceptors (Lipinski definition) is 11. The van der Waals surface area contributed by atoms with Crippen LogP contribution in [0.3, 0.4) is 0 Å². The monoisotopic (exact) mass is 528 g/mol. The summed E-state index contributed by atoms with van der Waals surface area (Å²) in [6.07, 6.45) is -2.08. The largest absolute Gasteiger partial charge is 0.493 e. The van der Waals surface area contributed by atoms with Gasteiger partial charge in [-0.25, -0.2) is 9.55 Å². The smallest absolute Gasteiger partial charge is 0.459 e. The van der Waals surface area contributed by atoms with Gasteiger partial charge in [0.25, 0.3) is 5.91 Å². The Morgan fingerprint density at radius 2 is 2.03 bits per heavy atom. The molecule has 5 atom stereocenters. The molecule has 1 unspecified atom stereocenters. The predicted molar refractivity (Wildman–Crippen MR) is 123 cm³/mol. The first-order valence-electron chi connectivity index (χ1n) is 10.9. The summed E-state index contributed by atoms with van der Waals surface area (Å²) in [5.74, 6) is -2.70. The summed E-state index contributed by atoms with van der Waals surface area (Å²) < 4.78 is 35.7. The number of benzene rings is 1. The highest BCUT2D eigenvalue weighted by molar-refractivity contribution is 7.52. The van der Waals surface area contributed by atoms with E-state index in [0.29, 0.717) is 0 Å². The van der Waals surface area contributed by atoms with Gasteiger partial charge in [-0.05, 0) is 18.1 Å². The zero-order valence-electron chi connectivity index (χ0n) is 19.8. The van der Waals surface area contributed by atoms with Crippen molar-refractivity contribution < 1.29 is 48.0 Å². The van der Waals surface area contributed by atoms with Gasteiger partial charge in [0.2, 0.25) is 5.88 Å². The van der Waals surface area contributed by atoms with Crippen molar-refractivity contribution in [1.29, 1.82) is 0 Å². The number of rotatable bonds is 11. The summed E-state index contributed by atoms with van der Waals surface area (Å²) in [6, 6.07) is 6.99. The van der Waals surface area contributed by atoms with Crippen molar-refractivity contribution in [2.45, 2.75) is 37.8 Å². The number of para-hydroxylation sites is 1. The van der Waals surface area contributed by atoms with Gasteiger partial charge in [-0.1, -0.05) is 32.0 Å². The number of aromatic hydroxyl groups is 1. The maximum Gasteiger partial charge on any atom is 0.459 e. The number of aliphatic hydroxyl groups is 2. The molecular formula is C21H29N4O10P. The Labute approximate surface area is 206 Å². The minimum absolute atomic E-state index is 0.174. The fraction of sp³-hybridized carbons (Fsp3) is 0.476. The summed E-state index contributed by atoms with van der Waals surface area (Å²) in [5.41, 5.74) is 2.37. The molecule has 1 aromatic heterocycles. The molecule has 1 amide bonds. The number of nitrogens with one attached hydrogen (secondary N) is 1. The Bertz CT molecular complexity index is 1130. The number of ether oxygens (including phenoxy) is 2. The molecule has 1 aromatic carbocycles. The Kier molecular flexibility index (Phi) is 8.39. The second-order valence-corrected chi connectivity index (χ2v) is 10.1. The topological polar surface area (TPSA) is 205 Å². The number of carbonyl (C=O) groups is 2. The first-order valence-corrected chi connectivity index (χ1v) is 12.4. The predicted octanol–water partition coefficient (Wildman–Crippen LogP) is 0.0833. The van der Waals surface area contributed by atoms with Crippen LogP contribution in [-0.4, -0.2) is 75.3 Å². The number of hydrogen-bond donors (Lipinski definition) is 5. The van der Waals surface area contributed by atoms with E-state index in [-0.39, 0.29) is 11.7 Å². The molecule has 3 rings (SSSR count). The van der Waals surface area contributed by atoms with Crippen LogP contribution in [0.1, 0.15) is 24.3 Å². The van der Waals surface area contributed by atoms with Crippen molar-refractivity contribution in [2.24, 2.45) is 11.7 Å². The number of aliphatic hydroxyl groups excluding tert-OH is 1. The molecule has 1 fully saturated rings. The Balaban J connectivity index is 1.80. The molecule has 198 valence electrons. The molecule has 15 heteroatoms. The number of imidazole rings is 1. The SMILES string of the molecule is COC(=O)[C@@H](NP(=O)(OC[C@H]1OC[C@](O)(n2cnc(C(N)=O)c2O)[C@@H]1O)Oc1ccccc1)C(C)C. The van der Waals surface area contributed by atoms with Crippen molar-refractivity contribution in [3.8, 4) is 11.6 Å². The number of nitrogens with zero attached hydrogens (tertiary/aromatic N) is 2. The van der Waals surface area contributed by atoms with Crippen LogP contribution in [0, 0.1) is 5.92 Å². The van der Waals surface area contributed by atoms with Crippen molar-refractivity contribution in [3.63, 3.8) is 0 Å². The Morgan fingerprint density at radius 1 is 1.36 bits per heavy atom. The lowest BCUT2D eigenvalue weighted by molar-refractivity contribution is -0.143. The van der Waals surface area contributed by atoms with Gasteiger partial charge in [-0.3, -0.25) is 18.7 Å². The van der Waals surface area contributed by atoms with Crippen LogP contribution in [0.4, 0.5) is 0 Å². The lowest BCUT2D eigenvalue weighted by atomic mass is 10.1. The van der Waals surface area contributed by atoms with Crippen LogP contribution in [-0.2, 0) is 29.1 Å². The Morgan fingerprint density at radius 3 is 2.58 bits per heavy atom. The highest BCUT2D eigenvalue weighted by atomic mass is 31.2. The molecular weight excluding hydrogens is 499 g/mol. The maximum atomic E-state index is 13.7. The minimum atomic E-state index is -4.28. The van der Waals surface area contributed by atoms with Gasteiger partial charge in [0.05, 0.1) is 20.3 Å². The van der Waals surface area contributed by atoms with Gasteiger partial charge in [-0.2, -0.15) is 5.09 Å². The Hall–Kier alpha value is -3.00. The highest BCUT2D eigenvalue weighted by Crippen LogP contribution is 2.46. The molecule has 6 N–H and O–H groups in total. The molecule has 0 radical (unpaired) electrons. The number of amides is 1. The molecule has 2 aromatic rings.